The van der Waals surface area contributed by atoms with Crippen LogP contribution in [0.25, 0.3) is 0 Å². The summed E-state index contributed by atoms with van der Waals surface area (Å²) in [7, 11) is 2.17. The Kier molecular flexibility index (Phi) is 7.37. The zero-order valence-corrected chi connectivity index (χ0v) is 18.7. The van der Waals surface area contributed by atoms with Crippen molar-refractivity contribution in [1.82, 2.24) is 30.2 Å². The summed E-state index contributed by atoms with van der Waals surface area (Å²) in [6, 6.07) is 6.22. The van der Waals surface area contributed by atoms with E-state index in [9.17, 15) is 0 Å². The van der Waals surface area contributed by atoms with E-state index in [-0.39, 0.29) is 0 Å². The molecule has 2 aliphatic heterocycles. The predicted molar refractivity (Wildman–Crippen MR) is 122 cm³/mol. The molecule has 2 aliphatic rings. The molecule has 1 N–H and O–H groups in total. The van der Waals surface area contributed by atoms with Gasteiger partial charge in [0, 0.05) is 77.7 Å². The van der Waals surface area contributed by atoms with Crippen molar-refractivity contribution in [2.24, 2.45) is 4.99 Å². The van der Waals surface area contributed by atoms with E-state index in [2.05, 4.69) is 56.2 Å². The molecular formula is C22H34N8O. The van der Waals surface area contributed by atoms with E-state index in [1.165, 1.54) is 0 Å². The molecule has 4 heterocycles. The number of rotatable bonds is 6. The summed E-state index contributed by atoms with van der Waals surface area (Å²) in [5.74, 6) is 2.04. The minimum absolute atomic E-state index is 0.636. The number of nitrogens with zero attached hydrogens (tertiary/aromatic N) is 7. The summed E-state index contributed by atoms with van der Waals surface area (Å²) in [6.45, 7) is 12.6. The van der Waals surface area contributed by atoms with E-state index in [1.54, 1.807) is 6.26 Å². The second-order valence-electron chi connectivity index (χ2n) is 8.24. The van der Waals surface area contributed by atoms with Crippen molar-refractivity contribution in [3.05, 3.63) is 41.9 Å². The fraction of sp³-hybridized carbons (Fsp3) is 0.591. The first kappa shape index (κ1) is 21.6. The SMILES string of the molecule is CCNC(=NCc1ccc(N2CCN(C)CC2)nc1)N1CCN(Cc2ccon2)CC1. The number of pyridine rings is 1. The number of anilines is 1. The first-order chi connectivity index (χ1) is 15.2. The van der Waals surface area contributed by atoms with Crippen LogP contribution >= 0.6 is 0 Å². The fourth-order valence-electron chi connectivity index (χ4n) is 3.99. The maximum Gasteiger partial charge on any atom is 0.194 e. The van der Waals surface area contributed by atoms with Crippen molar-refractivity contribution in [2.75, 3.05) is 70.9 Å². The molecule has 31 heavy (non-hydrogen) atoms. The lowest BCUT2D eigenvalue weighted by molar-refractivity contribution is 0.169. The first-order valence-electron chi connectivity index (χ1n) is 11.2. The Balaban J connectivity index is 1.30. The predicted octanol–water partition coefficient (Wildman–Crippen LogP) is 1.10. The summed E-state index contributed by atoms with van der Waals surface area (Å²) >= 11 is 0. The molecule has 9 heteroatoms. The maximum atomic E-state index is 4.94. The third-order valence-corrected chi connectivity index (χ3v) is 5.93. The average molecular weight is 427 g/mol. The largest absolute Gasteiger partial charge is 0.364 e. The second kappa shape index (κ2) is 10.6. The molecule has 4 rings (SSSR count). The average Bonchev–Trinajstić information content (AvgIpc) is 3.31. The summed E-state index contributed by atoms with van der Waals surface area (Å²) in [4.78, 5) is 19.0. The Morgan fingerprint density at radius 3 is 2.52 bits per heavy atom. The van der Waals surface area contributed by atoms with Gasteiger partial charge < -0.3 is 24.5 Å². The molecule has 0 saturated carbocycles. The van der Waals surface area contributed by atoms with Crippen molar-refractivity contribution >= 4 is 11.8 Å². The van der Waals surface area contributed by atoms with E-state index in [1.807, 2.05) is 12.3 Å². The third kappa shape index (κ3) is 5.95. The van der Waals surface area contributed by atoms with Gasteiger partial charge in [0.1, 0.15) is 12.1 Å². The molecule has 2 fully saturated rings. The highest BCUT2D eigenvalue weighted by atomic mass is 16.5. The van der Waals surface area contributed by atoms with Crippen LogP contribution in [-0.4, -0.2) is 96.8 Å². The normalized spacial score (nSPS) is 19.1. The number of hydrogen-bond acceptors (Lipinski definition) is 7. The molecule has 2 aromatic rings. The van der Waals surface area contributed by atoms with E-state index in [0.717, 1.165) is 88.5 Å². The molecule has 168 valence electrons. The van der Waals surface area contributed by atoms with Gasteiger partial charge >= 0.3 is 0 Å². The molecule has 0 radical (unpaired) electrons. The van der Waals surface area contributed by atoms with Crippen LogP contribution in [0.1, 0.15) is 18.2 Å². The van der Waals surface area contributed by atoms with Crippen LogP contribution in [0.15, 0.2) is 40.2 Å². The van der Waals surface area contributed by atoms with Gasteiger partial charge in [0.25, 0.3) is 0 Å². The number of guanidine groups is 1. The zero-order chi connectivity index (χ0) is 21.5. The quantitative estimate of drug-likeness (QED) is 0.544. The Hall–Kier alpha value is -2.65. The van der Waals surface area contributed by atoms with Crippen molar-refractivity contribution in [3.63, 3.8) is 0 Å². The minimum Gasteiger partial charge on any atom is -0.364 e. The minimum atomic E-state index is 0.636. The molecule has 0 aromatic carbocycles. The number of likely N-dealkylation sites (N-methyl/N-ethyl adjacent to an activating group) is 1. The van der Waals surface area contributed by atoms with Crippen molar-refractivity contribution < 1.29 is 4.52 Å². The Morgan fingerprint density at radius 1 is 1.06 bits per heavy atom. The highest BCUT2D eigenvalue weighted by Gasteiger charge is 2.20. The number of aromatic nitrogens is 2. The molecule has 0 atom stereocenters. The van der Waals surface area contributed by atoms with Gasteiger partial charge in [-0.1, -0.05) is 11.2 Å². The van der Waals surface area contributed by atoms with Gasteiger partial charge in [-0.15, -0.1) is 0 Å². The van der Waals surface area contributed by atoms with Gasteiger partial charge in [0.2, 0.25) is 0 Å². The smallest absolute Gasteiger partial charge is 0.194 e. The van der Waals surface area contributed by atoms with Crippen molar-refractivity contribution in [2.45, 2.75) is 20.0 Å². The number of nitrogens with one attached hydrogen (secondary N) is 1. The van der Waals surface area contributed by atoms with Crippen LogP contribution in [0.5, 0.6) is 0 Å². The van der Waals surface area contributed by atoms with Gasteiger partial charge in [-0.25, -0.2) is 9.98 Å². The van der Waals surface area contributed by atoms with E-state index >= 15 is 0 Å². The summed E-state index contributed by atoms with van der Waals surface area (Å²) in [5, 5.41) is 7.47. The number of hydrogen-bond donors (Lipinski definition) is 1. The third-order valence-electron chi connectivity index (χ3n) is 5.93. The Morgan fingerprint density at radius 2 is 1.87 bits per heavy atom. The van der Waals surface area contributed by atoms with Gasteiger partial charge in [-0.2, -0.15) is 0 Å². The molecule has 0 unspecified atom stereocenters. The Bertz CT molecular complexity index is 807. The van der Waals surface area contributed by atoms with Crippen molar-refractivity contribution in [3.8, 4) is 0 Å². The summed E-state index contributed by atoms with van der Waals surface area (Å²) in [6.07, 6.45) is 3.60. The molecular weight excluding hydrogens is 392 g/mol. The van der Waals surface area contributed by atoms with Crippen LogP contribution in [0.3, 0.4) is 0 Å². The van der Waals surface area contributed by atoms with Gasteiger partial charge in [-0.05, 0) is 25.6 Å². The number of piperazine rings is 2. The van der Waals surface area contributed by atoms with Gasteiger partial charge in [-0.3, -0.25) is 4.90 Å². The fourth-order valence-corrected chi connectivity index (χ4v) is 3.99. The first-order valence-corrected chi connectivity index (χ1v) is 11.2. The Labute approximate surface area is 184 Å². The molecule has 0 spiro atoms. The maximum absolute atomic E-state index is 4.94. The lowest BCUT2D eigenvalue weighted by Gasteiger charge is -2.36. The van der Waals surface area contributed by atoms with E-state index < -0.39 is 0 Å². The molecule has 0 bridgehead atoms. The standard InChI is InChI=1S/C22H34N8O/c1-3-23-22(30-13-9-28(10-14-30)18-20-6-15-31-26-20)25-17-19-4-5-21(24-16-19)29-11-7-27(2)8-12-29/h4-6,15-16H,3,7-14,17-18H2,1-2H3,(H,23,25). The molecule has 0 aliphatic carbocycles. The molecule has 0 amide bonds. The lowest BCUT2D eigenvalue weighted by atomic mass is 10.2. The number of aliphatic imine (C=N–C) groups is 1. The van der Waals surface area contributed by atoms with E-state index in [0.29, 0.717) is 6.54 Å². The highest BCUT2D eigenvalue weighted by molar-refractivity contribution is 5.80. The molecule has 9 nitrogen and oxygen atoms in total. The highest BCUT2D eigenvalue weighted by Crippen LogP contribution is 2.14. The summed E-state index contributed by atoms with van der Waals surface area (Å²) in [5.41, 5.74) is 2.12. The monoisotopic (exact) mass is 426 g/mol. The van der Waals surface area contributed by atoms with Crippen LogP contribution in [-0.2, 0) is 13.1 Å². The molecule has 2 aromatic heterocycles. The lowest BCUT2D eigenvalue weighted by Crippen LogP contribution is -2.52. The van der Waals surface area contributed by atoms with Crippen molar-refractivity contribution in [1.29, 1.82) is 0 Å². The zero-order valence-electron chi connectivity index (χ0n) is 18.7. The molecule has 2 saturated heterocycles. The topological polar surface area (TPSA) is 76.3 Å². The van der Waals surface area contributed by atoms with Crippen LogP contribution in [0.2, 0.25) is 0 Å². The van der Waals surface area contributed by atoms with Gasteiger partial charge in [0.15, 0.2) is 5.96 Å². The second-order valence-corrected chi connectivity index (χ2v) is 8.24. The van der Waals surface area contributed by atoms with Crippen LogP contribution in [0, 0.1) is 0 Å². The van der Waals surface area contributed by atoms with Gasteiger partial charge in [0.05, 0.1) is 12.2 Å². The summed E-state index contributed by atoms with van der Waals surface area (Å²) < 4.78 is 4.94. The van der Waals surface area contributed by atoms with E-state index in [4.69, 9.17) is 14.5 Å². The van der Waals surface area contributed by atoms with Crippen LogP contribution in [0.4, 0.5) is 5.82 Å². The van der Waals surface area contributed by atoms with Crippen LogP contribution < -0.4 is 10.2 Å².